The van der Waals surface area contributed by atoms with Crippen molar-refractivity contribution < 1.29 is 115 Å². The number of benzene rings is 1. The molecule has 0 atom stereocenters. The molecule has 0 saturated carbocycles. The summed E-state index contributed by atoms with van der Waals surface area (Å²) >= 11 is 0. The Morgan fingerprint density at radius 3 is 0.647 bits per heavy atom. The van der Waals surface area contributed by atoms with Gasteiger partial charge in [-0.15, -0.1) is 6.42 Å². The third kappa shape index (κ3) is 271. The molecule has 1 rings (SSSR count). The van der Waals surface area contributed by atoms with Crippen molar-refractivity contribution >= 4 is 53.1 Å². The molecule has 0 bridgehead atoms. The number of halogens is 18. The Kier molecular flexibility index (Phi) is 78.0. The van der Waals surface area contributed by atoms with Gasteiger partial charge in [-0.2, -0.15) is 75.5 Å². The van der Waals surface area contributed by atoms with E-state index < -0.39 is 53.1 Å². The molecule has 0 aromatic heterocycles. The molecule has 0 aliphatic rings. The first-order valence-electron chi connectivity index (χ1n) is 5.49. The van der Waals surface area contributed by atoms with Crippen molar-refractivity contribution in [2.24, 2.45) is 0 Å². The van der Waals surface area contributed by atoms with Gasteiger partial charge in [-0.3, -0.25) is 0 Å². The molecule has 0 aliphatic heterocycles. The minimum atomic E-state index is -4.12. The largest absolute Gasteiger partial charge is 0.456 e. The Morgan fingerprint density at radius 2 is 0.559 bits per heavy atom. The van der Waals surface area contributed by atoms with E-state index in [1.54, 1.807) is 0 Å². The van der Waals surface area contributed by atoms with Crippen LogP contribution in [0, 0.1) is 12.3 Å². The second-order valence-corrected chi connectivity index (χ2v) is 4.96. The normalized spacial score (nSPS) is 8.21. The number of hydrogen-bond donors (Lipinski definition) is 0. The quantitative estimate of drug-likeness (QED) is 0.106. The predicted molar refractivity (Wildman–Crippen MR) is 95.8 cm³/mol. The first-order chi connectivity index (χ1) is 14.3. The van der Waals surface area contributed by atoms with Gasteiger partial charge in [0.2, 0.25) is 0 Å². The van der Waals surface area contributed by atoms with Crippen molar-refractivity contribution in [1.82, 2.24) is 0 Å². The maximum absolute atomic E-state index is 9.73. The molecule has 212 valence electrons. The Hall–Kier alpha value is 1.35. The van der Waals surface area contributed by atoms with Gasteiger partial charge < -0.3 is 0 Å². The Morgan fingerprint density at radius 1 is 0.412 bits per heavy atom. The van der Waals surface area contributed by atoms with Gasteiger partial charge in [-0.25, -0.2) is 0 Å². The van der Waals surface area contributed by atoms with Crippen LogP contribution in [-0.4, -0.2) is 0 Å². The van der Waals surface area contributed by atoms with Crippen LogP contribution in [0.1, 0.15) is 5.56 Å². The van der Waals surface area contributed by atoms with E-state index in [4.69, 9.17) is 6.42 Å². The first kappa shape index (κ1) is 55.8. The molecular formula is C8H6F18P6Rh2. The van der Waals surface area contributed by atoms with Crippen molar-refractivity contribution in [2.75, 3.05) is 0 Å². The van der Waals surface area contributed by atoms with Gasteiger partial charge in [0.05, 0.1) is 0 Å². The number of terminal acetylenes is 1. The Labute approximate surface area is 215 Å². The van der Waals surface area contributed by atoms with E-state index in [0.717, 1.165) is 5.56 Å². The second kappa shape index (κ2) is 47.5. The van der Waals surface area contributed by atoms with Gasteiger partial charge >= 0.3 is 53.1 Å². The van der Waals surface area contributed by atoms with Gasteiger partial charge in [0.25, 0.3) is 0 Å². The van der Waals surface area contributed by atoms with Crippen LogP contribution in [0.2, 0.25) is 0 Å². The average Bonchev–Trinajstić information content (AvgIpc) is 2.52. The summed E-state index contributed by atoms with van der Waals surface area (Å²) in [4.78, 5) is 0. The zero-order valence-electron chi connectivity index (χ0n) is 14.6. The van der Waals surface area contributed by atoms with Crippen LogP contribution >= 0.6 is 53.1 Å². The molecule has 0 nitrogen and oxygen atoms in total. The second-order valence-electron chi connectivity index (χ2n) is 2.66. The van der Waals surface area contributed by atoms with Crippen LogP contribution in [0.4, 0.5) is 75.5 Å². The molecule has 0 aliphatic carbocycles. The third-order valence-electron chi connectivity index (χ3n) is 0.940. The molecule has 0 N–H and O–H groups in total. The summed E-state index contributed by atoms with van der Waals surface area (Å²) < 4.78 is 175. The minimum Gasteiger partial charge on any atom is -0.152 e. The molecule has 0 saturated heterocycles. The molecule has 1 aromatic rings. The summed E-state index contributed by atoms with van der Waals surface area (Å²) in [5.74, 6) is 2.53. The standard InChI is InChI=1S/C8H6.6F3P.2Rh/c1-2-8-6-4-3-5-7-8;6*1-4(2)3;;/h1,3-7H;;;;;;;;. The fourth-order valence-electron chi connectivity index (χ4n) is 0.534. The molecule has 1 aromatic carbocycles. The Bertz CT molecular complexity index is 406. The van der Waals surface area contributed by atoms with Crippen LogP contribution in [0.15, 0.2) is 30.3 Å². The van der Waals surface area contributed by atoms with Crippen LogP contribution in [0.3, 0.4) is 0 Å². The Balaban J connectivity index is -0.0000000393. The maximum atomic E-state index is 9.73. The SMILES string of the molecule is C#Cc1ccccc1.FP(F)F.FP(F)F.FP(F)F.FP(F)F.FP(F)F.FP(F)F.[Rh].[Rh]. The van der Waals surface area contributed by atoms with Gasteiger partial charge in [-0.05, 0) is 12.1 Å². The molecule has 34 heavy (non-hydrogen) atoms. The molecule has 0 spiro atoms. The van der Waals surface area contributed by atoms with Crippen molar-refractivity contribution in [3.8, 4) is 12.3 Å². The molecular weight excluding hydrogens is 830 g/mol. The van der Waals surface area contributed by atoms with Gasteiger partial charge in [0, 0.05) is 44.5 Å². The molecule has 0 heterocycles. The van der Waals surface area contributed by atoms with Crippen LogP contribution in [0.25, 0.3) is 0 Å². The summed E-state index contributed by atoms with van der Waals surface area (Å²) in [6.07, 6.45) is 5.10. The van der Waals surface area contributed by atoms with Crippen molar-refractivity contribution in [2.45, 2.75) is 0 Å². The monoisotopic (exact) mass is 836 g/mol. The zero-order valence-corrected chi connectivity index (χ0v) is 23.3. The molecule has 2 radical (unpaired) electrons. The van der Waals surface area contributed by atoms with E-state index in [-0.39, 0.29) is 39.0 Å². The molecule has 0 unspecified atom stereocenters. The summed E-state index contributed by atoms with van der Waals surface area (Å²) in [6, 6.07) is 9.60. The fraction of sp³-hybridized carbons (Fsp3) is 0. The van der Waals surface area contributed by atoms with Crippen molar-refractivity contribution in [3.05, 3.63) is 35.9 Å². The molecule has 26 heteroatoms. The minimum absolute atomic E-state index is 0. The summed E-state index contributed by atoms with van der Waals surface area (Å²) in [6.45, 7) is 0. The predicted octanol–water partition coefficient (Wildman–Crippen LogP) is 14.4. The van der Waals surface area contributed by atoms with Crippen molar-refractivity contribution in [1.29, 1.82) is 0 Å². The van der Waals surface area contributed by atoms with Gasteiger partial charge in [0.1, 0.15) is 0 Å². The van der Waals surface area contributed by atoms with Gasteiger partial charge in [-0.1, -0.05) is 24.1 Å². The van der Waals surface area contributed by atoms with Gasteiger partial charge in [0.15, 0.2) is 0 Å². The fourth-order valence-corrected chi connectivity index (χ4v) is 0.534. The van der Waals surface area contributed by atoms with E-state index in [1.807, 2.05) is 30.3 Å². The van der Waals surface area contributed by atoms with Crippen LogP contribution in [0.5, 0.6) is 0 Å². The first-order valence-corrected chi connectivity index (χ1v) is 11.6. The summed E-state index contributed by atoms with van der Waals surface area (Å²) in [5.41, 5.74) is 0.938. The van der Waals surface area contributed by atoms with Crippen LogP contribution < -0.4 is 0 Å². The topological polar surface area (TPSA) is 0 Å². The van der Waals surface area contributed by atoms with E-state index in [0.29, 0.717) is 0 Å². The molecule has 0 fully saturated rings. The zero-order chi connectivity index (χ0) is 27.3. The molecule has 0 amide bonds. The summed E-state index contributed by atoms with van der Waals surface area (Å²) in [7, 11) is -24.7. The number of hydrogen-bond acceptors (Lipinski definition) is 0. The van der Waals surface area contributed by atoms with Crippen molar-refractivity contribution in [3.63, 3.8) is 0 Å². The summed E-state index contributed by atoms with van der Waals surface area (Å²) in [5, 5.41) is 0. The van der Waals surface area contributed by atoms with E-state index in [2.05, 4.69) is 5.92 Å². The maximum Gasteiger partial charge on any atom is 0.456 e. The van der Waals surface area contributed by atoms with E-state index in [1.165, 1.54) is 0 Å². The smallest absolute Gasteiger partial charge is 0.152 e. The number of rotatable bonds is 0. The third-order valence-corrected chi connectivity index (χ3v) is 0.940. The van der Waals surface area contributed by atoms with E-state index >= 15 is 0 Å². The van der Waals surface area contributed by atoms with E-state index in [9.17, 15) is 75.5 Å². The average molecular weight is 836 g/mol. The van der Waals surface area contributed by atoms with Crippen LogP contribution in [-0.2, 0) is 39.0 Å².